The monoisotopic (exact) mass is 352 g/mol. The van der Waals surface area contributed by atoms with Gasteiger partial charge in [-0.15, -0.1) is 0 Å². The van der Waals surface area contributed by atoms with Crippen LogP contribution >= 0.6 is 0 Å². The van der Waals surface area contributed by atoms with Crippen LogP contribution in [-0.2, 0) is 16.0 Å². The third-order valence-electron chi connectivity index (χ3n) is 4.97. The van der Waals surface area contributed by atoms with E-state index in [1.54, 1.807) is 0 Å². The van der Waals surface area contributed by atoms with Gasteiger partial charge in [-0.25, -0.2) is 0 Å². The zero-order chi connectivity index (χ0) is 18.2. The highest BCUT2D eigenvalue weighted by molar-refractivity contribution is 5.95. The molecule has 3 rings (SSSR count). The molecule has 138 valence electrons. The highest BCUT2D eigenvalue weighted by Gasteiger charge is 2.18. The molecule has 0 bridgehead atoms. The van der Waals surface area contributed by atoms with Gasteiger partial charge >= 0.3 is 0 Å². The molecule has 2 aromatic rings. The smallest absolute Gasteiger partial charge is 0.231 e. The van der Waals surface area contributed by atoms with Crippen LogP contribution in [0.1, 0.15) is 30.4 Å². The molecule has 26 heavy (non-hydrogen) atoms. The van der Waals surface area contributed by atoms with E-state index in [9.17, 15) is 4.79 Å². The topological polar surface area (TPSA) is 41.6 Å². The summed E-state index contributed by atoms with van der Waals surface area (Å²) in [7, 11) is 0. The van der Waals surface area contributed by atoms with Crippen LogP contribution in [0.2, 0.25) is 0 Å². The second-order valence-corrected chi connectivity index (χ2v) is 6.76. The van der Waals surface area contributed by atoms with E-state index in [0.29, 0.717) is 0 Å². The Hall–Kier alpha value is -2.17. The van der Waals surface area contributed by atoms with Crippen LogP contribution in [-0.4, -0.2) is 43.7 Å². The number of nitrogens with one attached hydrogen (secondary N) is 1. The van der Waals surface area contributed by atoms with E-state index in [0.717, 1.165) is 56.9 Å². The van der Waals surface area contributed by atoms with E-state index >= 15 is 0 Å². The molecular weight excluding hydrogens is 324 g/mol. The third kappa shape index (κ3) is 5.16. The number of amides is 1. The van der Waals surface area contributed by atoms with Gasteiger partial charge in [-0.05, 0) is 36.1 Å². The normalized spacial score (nSPS) is 16.2. The highest BCUT2D eigenvalue weighted by Crippen LogP contribution is 2.21. The maximum atomic E-state index is 12.6. The summed E-state index contributed by atoms with van der Waals surface area (Å²) in [5.41, 5.74) is 3.22. The first-order valence-corrected chi connectivity index (χ1v) is 9.51. The van der Waals surface area contributed by atoms with Crippen molar-refractivity contribution in [3.63, 3.8) is 0 Å². The molecule has 0 saturated carbocycles. The van der Waals surface area contributed by atoms with Crippen molar-refractivity contribution < 1.29 is 9.53 Å². The lowest BCUT2D eigenvalue weighted by molar-refractivity contribution is -0.117. The van der Waals surface area contributed by atoms with E-state index in [2.05, 4.69) is 22.3 Å². The van der Waals surface area contributed by atoms with Crippen LogP contribution in [0.4, 0.5) is 5.69 Å². The van der Waals surface area contributed by atoms with Crippen molar-refractivity contribution >= 4 is 11.6 Å². The molecule has 4 nitrogen and oxygen atoms in total. The molecular formula is C22H28N2O2. The van der Waals surface area contributed by atoms with Crippen LogP contribution in [0.3, 0.4) is 0 Å². The second-order valence-electron chi connectivity index (χ2n) is 6.76. The summed E-state index contributed by atoms with van der Waals surface area (Å²) < 4.78 is 5.38. The Morgan fingerprint density at radius 1 is 1.08 bits per heavy atom. The first-order chi connectivity index (χ1) is 12.8. The molecule has 1 heterocycles. The van der Waals surface area contributed by atoms with Crippen LogP contribution < -0.4 is 5.32 Å². The van der Waals surface area contributed by atoms with Gasteiger partial charge in [0.05, 0.1) is 19.1 Å². The van der Waals surface area contributed by atoms with Crippen molar-refractivity contribution in [3.05, 3.63) is 65.7 Å². The number of morpholine rings is 1. The Bertz CT molecular complexity index is 679. The molecule has 0 aromatic heterocycles. The van der Waals surface area contributed by atoms with E-state index in [-0.39, 0.29) is 11.8 Å². The van der Waals surface area contributed by atoms with Crippen LogP contribution in [0.25, 0.3) is 0 Å². The lowest BCUT2D eigenvalue weighted by atomic mass is 9.95. The van der Waals surface area contributed by atoms with Gasteiger partial charge in [-0.2, -0.15) is 0 Å². The molecule has 1 atom stereocenters. The third-order valence-corrected chi connectivity index (χ3v) is 4.97. The minimum absolute atomic E-state index is 0.0553. The Balaban J connectivity index is 1.53. The number of carbonyl (C=O) groups is 1. The molecule has 1 fully saturated rings. The number of hydrogen-bond acceptors (Lipinski definition) is 3. The van der Waals surface area contributed by atoms with Gasteiger partial charge in [0.2, 0.25) is 5.91 Å². The number of benzene rings is 2. The molecule has 0 spiro atoms. The van der Waals surface area contributed by atoms with Crippen molar-refractivity contribution in [3.8, 4) is 0 Å². The molecule has 0 radical (unpaired) electrons. The quantitative estimate of drug-likeness (QED) is 0.826. The molecule has 0 unspecified atom stereocenters. The van der Waals surface area contributed by atoms with Crippen molar-refractivity contribution in [1.29, 1.82) is 0 Å². The van der Waals surface area contributed by atoms with Crippen molar-refractivity contribution in [1.82, 2.24) is 4.90 Å². The predicted octanol–water partition coefficient (Wildman–Crippen LogP) is 3.69. The summed E-state index contributed by atoms with van der Waals surface area (Å²) in [5.74, 6) is -0.0584. The largest absolute Gasteiger partial charge is 0.379 e. The zero-order valence-corrected chi connectivity index (χ0v) is 15.5. The Morgan fingerprint density at radius 3 is 2.42 bits per heavy atom. The van der Waals surface area contributed by atoms with Crippen LogP contribution in [0.15, 0.2) is 54.6 Å². The van der Waals surface area contributed by atoms with E-state index < -0.39 is 0 Å². The average Bonchev–Trinajstić information content (AvgIpc) is 2.70. The minimum Gasteiger partial charge on any atom is -0.379 e. The van der Waals surface area contributed by atoms with Crippen LogP contribution in [0.5, 0.6) is 0 Å². The highest BCUT2D eigenvalue weighted by atomic mass is 16.5. The molecule has 2 aromatic carbocycles. The zero-order valence-electron chi connectivity index (χ0n) is 15.5. The average molecular weight is 352 g/mol. The lowest BCUT2D eigenvalue weighted by Gasteiger charge is -2.26. The lowest BCUT2D eigenvalue weighted by Crippen LogP contribution is -2.37. The summed E-state index contributed by atoms with van der Waals surface area (Å²) in [6, 6.07) is 18.2. The van der Waals surface area contributed by atoms with Crippen molar-refractivity contribution in [2.24, 2.45) is 0 Å². The van der Waals surface area contributed by atoms with Gasteiger partial charge in [0, 0.05) is 25.3 Å². The van der Waals surface area contributed by atoms with E-state index in [4.69, 9.17) is 4.74 Å². The number of ether oxygens (including phenoxy) is 1. The van der Waals surface area contributed by atoms with E-state index in [1.807, 2.05) is 49.4 Å². The first kappa shape index (κ1) is 18.6. The van der Waals surface area contributed by atoms with Gasteiger partial charge in [-0.3, -0.25) is 9.69 Å². The number of anilines is 1. The molecule has 1 aliphatic heterocycles. The first-order valence-electron chi connectivity index (χ1n) is 9.51. The maximum absolute atomic E-state index is 12.6. The van der Waals surface area contributed by atoms with Gasteiger partial charge in [0.25, 0.3) is 0 Å². The fourth-order valence-corrected chi connectivity index (χ4v) is 3.35. The summed E-state index contributed by atoms with van der Waals surface area (Å²) in [6.07, 6.45) is 1.81. The van der Waals surface area contributed by atoms with Gasteiger partial charge in [0.1, 0.15) is 0 Å². The second kappa shape index (κ2) is 9.51. The molecule has 1 N–H and O–H groups in total. The number of hydrogen-bond donors (Lipinski definition) is 1. The summed E-state index contributed by atoms with van der Waals surface area (Å²) in [6.45, 7) is 6.82. The summed E-state index contributed by atoms with van der Waals surface area (Å²) in [4.78, 5) is 15.1. The fourth-order valence-electron chi connectivity index (χ4n) is 3.35. The van der Waals surface area contributed by atoms with Crippen molar-refractivity contribution in [2.75, 3.05) is 38.2 Å². The summed E-state index contributed by atoms with van der Waals surface area (Å²) >= 11 is 0. The van der Waals surface area contributed by atoms with Crippen molar-refractivity contribution in [2.45, 2.75) is 25.7 Å². The fraction of sp³-hybridized carbons (Fsp3) is 0.409. The van der Waals surface area contributed by atoms with Crippen LogP contribution in [0, 0.1) is 0 Å². The number of carbonyl (C=O) groups excluding carboxylic acids is 1. The summed E-state index contributed by atoms with van der Waals surface area (Å²) in [5, 5.41) is 3.06. The van der Waals surface area contributed by atoms with E-state index in [1.165, 1.54) is 5.56 Å². The Labute approximate surface area is 156 Å². The molecule has 4 heteroatoms. The number of nitrogens with zero attached hydrogens (tertiary/aromatic N) is 1. The number of rotatable bonds is 7. The Kier molecular flexibility index (Phi) is 6.81. The molecule has 1 amide bonds. The molecule has 1 saturated heterocycles. The predicted molar refractivity (Wildman–Crippen MR) is 106 cm³/mol. The minimum atomic E-state index is -0.114. The maximum Gasteiger partial charge on any atom is 0.231 e. The SMILES string of the molecule is CC[C@@H](C(=O)Nc1ccc(CCN2CCOCC2)cc1)c1ccccc1. The van der Waals surface area contributed by atoms with Gasteiger partial charge < -0.3 is 10.1 Å². The molecule has 0 aliphatic carbocycles. The Morgan fingerprint density at radius 2 is 1.77 bits per heavy atom. The standard InChI is InChI=1S/C22H28N2O2/c1-2-21(19-6-4-3-5-7-19)22(25)23-20-10-8-18(9-11-20)12-13-24-14-16-26-17-15-24/h3-11,21H,2,12-17H2,1H3,(H,23,25)/t21-/m1/s1. The van der Waals surface area contributed by atoms with Gasteiger partial charge in [0.15, 0.2) is 0 Å². The molecule has 1 aliphatic rings. The van der Waals surface area contributed by atoms with Gasteiger partial charge in [-0.1, -0.05) is 49.4 Å².